The normalized spacial score (nSPS) is 12.0. The summed E-state index contributed by atoms with van der Waals surface area (Å²) in [6.45, 7) is 9.56. The smallest absolute Gasteiger partial charge is 0.217 e. The van der Waals surface area contributed by atoms with Crippen molar-refractivity contribution in [2.75, 3.05) is 13.2 Å². The lowest BCUT2D eigenvalue weighted by Crippen LogP contribution is -2.52. The Morgan fingerprint density at radius 3 is 2.64 bits per heavy atom. The highest BCUT2D eigenvalue weighted by Crippen LogP contribution is 2.18. The number of nitrogens with zero attached hydrogens (tertiary/aromatic N) is 1. The van der Waals surface area contributed by atoms with Crippen molar-refractivity contribution in [3.8, 4) is 5.75 Å². The van der Waals surface area contributed by atoms with E-state index in [1.807, 2.05) is 32.0 Å². The second kappa shape index (κ2) is 7.68. The average Bonchev–Trinajstić information content (AvgIpc) is 2.40. The molecule has 122 valence electrons. The van der Waals surface area contributed by atoms with Crippen LogP contribution in [0.5, 0.6) is 5.75 Å². The lowest BCUT2D eigenvalue weighted by molar-refractivity contribution is -0.119. The number of nitrogens with two attached hydrogens (primary N) is 1. The first kappa shape index (κ1) is 17.8. The molecule has 0 saturated heterocycles. The van der Waals surface area contributed by atoms with Gasteiger partial charge >= 0.3 is 0 Å². The van der Waals surface area contributed by atoms with E-state index in [4.69, 9.17) is 15.3 Å². The van der Waals surface area contributed by atoms with Gasteiger partial charge in [-0.1, -0.05) is 17.3 Å². The predicted octanol–water partition coefficient (Wildman–Crippen LogP) is 1.89. The summed E-state index contributed by atoms with van der Waals surface area (Å²) in [6.07, 6.45) is 0. The number of amides is 1. The number of ether oxygens (including phenoxy) is 1. The van der Waals surface area contributed by atoms with Gasteiger partial charge in [-0.3, -0.25) is 4.79 Å². The van der Waals surface area contributed by atoms with Crippen LogP contribution >= 0.6 is 0 Å². The lowest BCUT2D eigenvalue weighted by atomic mass is 10.0. The second-order valence-electron chi connectivity index (χ2n) is 5.73. The highest BCUT2D eigenvalue weighted by Gasteiger charge is 2.24. The Morgan fingerprint density at radius 1 is 1.32 bits per heavy atom. The molecule has 0 unspecified atom stereocenters. The number of oxime groups is 1. The summed E-state index contributed by atoms with van der Waals surface area (Å²) >= 11 is 0. The van der Waals surface area contributed by atoms with Gasteiger partial charge in [-0.15, -0.1) is 0 Å². The van der Waals surface area contributed by atoms with Crippen LogP contribution in [0.1, 0.15) is 31.9 Å². The Hall–Kier alpha value is -2.24. The third kappa shape index (κ3) is 5.63. The minimum absolute atomic E-state index is 0.179. The van der Waals surface area contributed by atoms with Crippen molar-refractivity contribution in [2.24, 2.45) is 10.9 Å². The van der Waals surface area contributed by atoms with Crippen LogP contribution in [-0.2, 0) is 9.63 Å². The Kier molecular flexibility index (Phi) is 6.22. The molecule has 0 radical (unpaired) electrons. The average molecular weight is 307 g/mol. The summed E-state index contributed by atoms with van der Waals surface area (Å²) in [5.74, 6) is 0.856. The van der Waals surface area contributed by atoms with Gasteiger partial charge < -0.3 is 20.6 Å². The topological polar surface area (TPSA) is 85.9 Å². The second-order valence-corrected chi connectivity index (χ2v) is 5.73. The molecule has 22 heavy (non-hydrogen) atoms. The van der Waals surface area contributed by atoms with Crippen LogP contribution < -0.4 is 15.8 Å². The maximum Gasteiger partial charge on any atom is 0.217 e. The first-order valence-electron chi connectivity index (χ1n) is 7.17. The molecule has 0 heterocycles. The van der Waals surface area contributed by atoms with Gasteiger partial charge in [0.05, 0.1) is 5.54 Å². The van der Waals surface area contributed by atoms with Crippen LogP contribution in [0.15, 0.2) is 23.4 Å². The van der Waals surface area contributed by atoms with Crippen molar-refractivity contribution in [1.29, 1.82) is 0 Å². The molecule has 0 saturated carbocycles. The molecular weight excluding hydrogens is 282 g/mol. The van der Waals surface area contributed by atoms with Crippen LogP contribution in [0.25, 0.3) is 0 Å². The third-order valence-electron chi connectivity index (χ3n) is 3.07. The Labute approximate surface area is 131 Å². The highest BCUT2D eigenvalue weighted by atomic mass is 16.6. The molecule has 1 amide bonds. The number of amidine groups is 1. The van der Waals surface area contributed by atoms with Crippen LogP contribution in [0.2, 0.25) is 0 Å². The van der Waals surface area contributed by atoms with Gasteiger partial charge in [0.1, 0.15) is 12.4 Å². The Bertz CT molecular complexity index is 554. The maximum absolute atomic E-state index is 11.1. The van der Waals surface area contributed by atoms with E-state index in [1.54, 1.807) is 13.8 Å². The van der Waals surface area contributed by atoms with Gasteiger partial charge in [0.2, 0.25) is 5.91 Å². The van der Waals surface area contributed by atoms with E-state index in [1.165, 1.54) is 6.92 Å². The van der Waals surface area contributed by atoms with E-state index in [9.17, 15) is 4.79 Å². The molecule has 0 atom stereocenters. The van der Waals surface area contributed by atoms with E-state index < -0.39 is 5.54 Å². The van der Waals surface area contributed by atoms with Crippen LogP contribution in [0.4, 0.5) is 0 Å². The molecule has 6 nitrogen and oxygen atoms in total. The van der Waals surface area contributed by atoms with Gasteiger partial charge in [0.15, 0.2) is 12.4 Å². The molecule has 0 bridgehead atoms. The van der Waals surface area contributed by atoms with Crippen molar-refractivity contribution in [3.05, 3.63) is 29.3 Å². The van der Waals surface area contributed by atoms with Crippen LogP contribution in [-0.4, -0.2) is 30.5 Å². The molecule has 1 aromatic carbocycles. The molecule has 0 aliphatic heterocycles. The van der Waals surface area contributed by atoms with E-state index in [2.05, 4.69) is 10.5 Å². The minimum Gasteiger partial charge on any atom is -0.490 e. The van der Waals surface area contributed by atoms with E-state index in [0.29, 0.717) is 6.61 Å². The third-order valence-corrected chi connectivity index (χ3v) is 3.07. The van der Waals surface area contributed by atoms with Crippen LogP contribution in [0.3, 0.4) is 0 Å². The van der Waals surface area contributed by atoms with Crippen molar-refractivity contribution >= 4 is 11.7 Å². The SMILES string of the molecule is CC(=O)NC(C)(C)/C(N)=N/OCCOc1cc(C)ccc1C. The molecule has 0 aliphatic rings. The van der Waals surface area contributed by atoms with Crippen molar-refractivity contribution in [2.45, 2.75) is 40.2 Å². The van der Waals surface area contributed by atoms with Crippen LogP contribution in [0, 0.1) is 13.8 Å². The summed E-state index contributed by atoms with van der Waals surface area (Å²) in [5.41, 5.74) is 7.27. The Morgan fingerprint density at radius 2 is 2.00 bits per heavy atom. The van der Waals surface area contributed by atoms with E-state index in [0.717, 1.165) is 16.9 Å². The lowest BCUT2D eigenvalue weighted by Gasteiger charge is -2.24. The largest absolute Gasteiger partial charge is 0.490 e. The number of hydrogen-bond acceptors (Lipinski definition) is 4. The van der Waals surface area contributed by atoms with Crippen molar-refractivity contribution in [3.63, 3.8) is 0 Å². The first-order chi connectivity index (χ1) is 10.2. The summed E-state index contributed by atoms with van der Waals surface area (Å²) in [6, 6.07) is 6.03. The molecule has 0 aliphatic carbocycles. The molecule has 3 N–H and O–H groups in total. The monoisotopic (exact) mass is 307 g/mol. The molecule has 0 spiro atoms. The van der Waals surface area contributed by atoms with Gasteiger partial charge in [-0.25, -0.2) is 0 Å². The fraction of sp³-hybridized carbons (Fsp3) is 0.500. The molecular formula is C16H25N3O3. The summed E-state index contributed by atoms with van der Waals surface area (Å²) in [7, 11) is 0. The van der Waals surface area contributed by atoms with Crippen molar-refractivity contribution < 1.29 is 14.4 Å². The molecule has 1 rings (SSSR count). The van der Waals surface area contributed by atoms with Gasteiger partial charge in [0, 0.05) is 6.92 Å². The van der Waals surface area contributed by atoms with Crippen molar-refractivity contribution in [1.82, 2.24) is 5.32 Å². The number of nitrogens with one attached hydrogen (secondary N) is 1. The molecule has 1 aromatic rings. The maximum atomic E-state index is 11.1. The molecule has 6 heteroatoms. The highest BCUT2D eigenvalue weighted by molar-refractivity contribution is 5.92. The summed E-state index contributed by atoms with van der Waals surface area (Å²) in [4.78, 5) is 16.2. The quantitative estimate of drug-likeness (QED) is 0.348. The zero-order valence-electron chi connectivity index (χ0n) is 13.9. The summed E-state index contributed by atoms with van der Waals surface area (Å²) < 4.78 is 5.64. The predicted molar refractivity (Wildman–Crippen MR) is 86.9 cm³/mol. The van der Waals surface area contributed by atoms with E-state index in [-0.39, 0.29) is 18.3 Å². The zero-order valence-corrected chi connectivity index (χ0v) is 13.9. The minimum atomic E-state index is -0.750. The standard InChI is InChI=1S/C16H25N3O3/c1-11-6-7-12(2)14(10-11)21-8-9-22-19-15(17)16(4,5)18-13(3)20/h6-7,10H,8-9H2,1-5H3,(H2,17,19)(H,18,20). The zero-order chi connectivity index (χ0) is 16.8. The number of carbonyl (C=O) groups excluding carboxylic acids is 1. The number of aryl methyl sites for hydroxylation is 2. The molecule has 0 fully saturated rings. The number of hydrogen-bond donors (Lipinski definition) is 2. The number of benzene rings is 1. The Balaban J connectivity index is 2.43. The summed E-state index contributed by atoms with van der Waals surface area (Å²) in [5, 5.41) is 6.51. The number of carbonyl (C=O) groups is 1. The fourth-order valence-electron chi connectivity index (χ4n) is 1.79. The van der Waals surface area contributed by atoms with Gasteiger partial charge in [-0.2, -0.15) is 0 Å². The van der Waals surface area contributed by atoms with E-state index >= 15 is 0 Å². The first-order valence-corrected chi connectivity index (χ1v) is 7.17. The fourth-order valence-corrected chi connectivity index (χ4v) is 1.79. The number of rotatable bonds is 7. The molecule has 0 aromatic heterocycles. The van der Waals surface area contributed by atoms with Gasteiger partial charge in [0.25, 0.3) is 0 Å². The van der Waals surface area contributed by atoms with Gasteiger partial charge in [-0.05, 0) is 44.9 Å².